The van der Waals surface area contributed by atoms with Gasteiger partial charge in [0, 0.05) is 23.6 Å². The molecule has 1 aliphatic rings. The molecule has 1 fully saturated rings. The van der Waals surface area contributed by atoms with Crippen LogP contribution in [0.3, 0.4) is 0 Å². The molecule has 0 atom stereocenters. The first-order valence-electron chi connectivity index (χ1n) is 6.31. The van der Waals surface area contributed by atoms with E-state index in [1.807, 2.05) is 11.8 Å². The van der Waals surface area contributed by atoms with Crippen LogP contribution in [-0.4, -0.2) is 39.8 Å². The highest BCUT2D eigenvalue weighted by atomic mass is 35.5. The zero-order valence-corrected chi connectivity index (χ0v) is 13.0. The SMILES string of the molecule is Cc1nc(Cl)c(C=O)c(N2CCSC(C)(C)CC2)n1. The van der Waals surface area contributed by atoms with Gasteiger partial charge >= 0.3 is 0 Å². The first-order valence-corrected chi connectivity index (χ1v) is 7.67. The van der Waals surface area contributed by atoms with Crippen molar-refractivity contribution >= 4 is 35.5 Å². The Kier molecular flexibility index (Phi) is 4.36. The van der Waals surface area contributed by atoms with Crippen molar-refractivity contribution in [3.05, 3.63) is 16.5 Å². The lowest BCUT2D eigenvalue weighted by Crippen LogP contribution is -2.29. The fraction of sp³-hybridized carbons (Fsp3) is 0.615. The van der Waals surface area contributed by atoms with Gasteiger partial charge in [0.25, 0.3) is 0 Å². The van der Waals surface area contributed by atoms with Crippen LogP contribution in [0.4, 0.5) is 5.82 Å². The average Bonchev–Trinajstić information content (AvgIpc) is 2.49. The van der Waals surface area contributed by atoms with E-state index in [-0.39, 0.29) is 9.90 Å². The van der Waals surface area contributed by atoms with E-state index < -0.39 is 0 Å². The Morgan fingerprint density at radius 1 is 1.37 bits per heavy atom. The zero-order chi connectivity index (χ0) is 14.0. The van der Waals surface area contributed by atoms with Gasteiger partial charge < -0.3 is 4.90 Å². The van der Waals surface area contributed by atoms with Gasteiger partial charge in [0.2, 0.25) is 0 Å². The van der Waals surface area contributed by atoms with Crippen molar-refractivity contribution < 1.29 is 4.79 Å². The van der Waals surface area contributed by atoms with Crippen LogP contribution in [0.2, 0.25) is 5.15 Å². The van der Waals surface area contributed by atoms with Gasteiger partial charge in [-0.05, 0) is 13.3 Å². The molecule has 19 heavy (non-hydrogen) atoms. The van der Waals surface area contributed by atoms with Gasteiger partial charge in [-0.2, -0.15) is 11.8 Å². The summed E-state index contributed by atoms with van der Waals surface area (Å²) in [6, 6.07) is 0. The molecule has 1 aromatic rings. The molecule has 0 saturated carbocycles. The van der Waals surface area contributed by atoms with Crippen molar-refractivity contribution in [2.24, 2.45) is 0 Å². The molecule has 104 valence electrons. The number of nitrogens with zero attached hydrogens (tertiary/aromatic N) is 3. The maximum absolute atomic E-state index is 11.2. The predicted molar refractivity (Wildman–Crippen MR) is 80.5 cm³/mol. The number of carbonyl (C=O) groups is 1. The number of aryl methyl sites for hydroxylation is 1. The molecule has 1 aromatic heterocycles. The van der Waals surface area contributed by atoms with Crippen molar-refractivity contribution in [2.45, 2.75) is 31.9 Å². The molecule has 1 aliphatic heterocycles. The van der Waals surface area contributed by atoms with Crippen LogP contribution in [0.25, 0.3) is 0 Å². The van der Waals surface area contributed by atoms with Gasteiger partial charge in [-0.3, -0.25) is 4.79 Å². The van der Waals surface area contributed by atoms with Crippen LogP contribution in [0.5, 0.6) is 0 Å². The summed E-state index contributed by atoms with van der Waals surface area (Å²) in [5.74, 6) is 2.29. The molecule has 0 amide bonds. The highest BCUT2D eigenvalue weighted by molar-refractivity contribution is 8.00. The lowest BCUT2D eigenvalue weighted by molar-refractivity contribution is 0.112. The molecule has 0 bridgehead atoms. The molecule has 0 unspecified atom stereocenters. The monoisotopic (exact) mass is 299 g/mol. The normalized spacial score (nSPS) is 19.1. The van der Waals surface area contributed by atoms with Gasteiger partial charge in [-0.15, -0.1) is 0 Å². The number of rotatable bonds is 2. The number of carbonyl (C=O) groups excluding carboxylic acids is 1. The van der Waals surface area contributed by atoms with E-state index in [2.05, 4.69) is 28.7 Å². The van der Waals surface area contributed by atoms with Crippen LogP contribution < -0.4 is 4.90 Å². The van der Waals surface area contributed by atoms with E-state index in [0.717, 1.165) is 31.5 Å². The maximum Gasteiger partial charge on any atom is 0.156 e. The number of halogens is 1. The summed E-state index contributed by atoms with van der Waals surface area (Å²) in [5.41, 5.74) is 0.400. The first-order chi connectivity index (χ1) is 8.93. The van der Waals surface area contributed by atoms with E-state index in [4.69, 9.17) is 11.6 Å². The zero-order valence-electron chi connectivity index (χ0n) is 11.4. The molecule has 0 spiro atoms. The van der Waals surface area contributed by atoms with Gasteiger partial charge in [-0.25, -0.2) is 9.97 Å². The van der Waals surface area contributed by atoms with Crippen LogP contribution in [0.15, 0.2) is 0 Å². The number of anilines is 1. The largest absolute Gasteiger partial charge is 0.355 e. The molecular formula is C13H18ClN3OS. The summed E-state index contributed by atoms with van der Waals surface area (Å²) in [6.45, 7) is 8.05. The van der Waals surface area contributed by atoms with E-state index >= 15 is 0 Å². The standard InChI is InChI=1S/C13H18ClN3OS/c1-9-15-11(14)10(8-18)12(16-9)17-5-4-13(2,3)19-7-6-17/h8H,4-7H2,1-3H3. The second-order valence-corrected chi connectivity index (χ2v) is 7.42. The third-order valence-corrected chi connectivity index (χ3v) is 4.91. The molecular weight excluding hydrogens is 282 g/mol. The fourth-order valence-electron chi connectivity index (χ4n) is 2.11. The fourth-order valence-corrected chi connectivity index (χ4v) is 3.46. The summed E-state index contributed by atoms with van der Waals surface area (Å²) in [4.78, 5) is 21.8. The van der Waals surface area contributed by atoms with Crippen molar-refractivity contribution in [2.75, 3.05) is 23.7 Å². The molecule has 0 N–H and O–H groups in total. The molecule has 2 heterocycles. The van der Waals surface area contributed by atoms with Gasteiger partial charge in [0.05, 0.1) is 5.56 Å². The summed E-state index contributed by atoms with van der Waals surface area (Å²) >= 11 is 7.99. The van der Waals surface area contributed by atoms with Crippen LogP contribution in [0, 0.1) is 6.92 Å². The van der Waals surface area contributed by atoms with E-state index in [9.17, 15) is 4.79 Å². The molecule has 0 radical (unpaired) electrons. The minimum Gasteiger partial charge on any atom is -0.355 e. The van der Waals surface area contributed by atoms with E-state index in [1.165, 1.54) is 0 Å². The van der Waals surface area contributed by atoms with E-state index in [0.29, 0.717) is 17.2 Å². The van der Waals surface area contributed by atoms with Crippen molar-refractivity contribution in [1.82, 2.24) is 9.97 Å². The lowest BCUT2D eigenvalue weighted by atomic mass is 10.1. The Bertz CT molecular complexity index is 493. The van der Waals surface area contributed by atoms with Crippen LogP contribution in [-0.2, 0) is 0 Å². The Labute approximate surface area is 122 Å². The molecule has 0 aliphatic carbocycles. The number of hydrogen-bond acceptors (Lipinski definition) is 5. The van der Waals surface area contributed by atoms with Crippen LogP contribution >= 0.6 is 23.4 Å². The van der Waals surface area contributed by atoms with E-state index in [1.54, 1.807) is 6.92 Å². The Hall–Kier alpha value is -0.810. The number of aldehydes is 1. The summed E-state index contributed by atoms with van der Waals surface area (Å²) in [7, 11) is 0. The minimum absolute atomic E-state index is 0.244. The quantitative estimate of drug-likeness (QED) is 0.620. The summed E-state index contributed by atoms with van der Waals surface area (Å²) < 4.78 is 0.266. The first kappa shape index (κ1) is 14.6. The Morgan fingerprint density at radius 2 is 2.11 bits per heavy atom. The predicted octanol–water partition coefficient (Wildman–Crippen LogP) is 2.97. The highest BCUT2D eigenvalue weighted by Gasteiger charge is 2.26. The molecule has 4 nitrogen and oxygen atoms in total. The minimum atomic E-state index is 0.244. The average molecular weight is 300 g/mol. The van der Waals surface area contributed by atoms with Crippen LogP contribution in [0.1, 0.15) is 36.5 Å². The summed E-state index contributed by atoms with van der Waals surface area (Å²) in [6.07, 6.45) is 1.80. The smallest absolute Gasteiger partial charge is 0.156 e. The topological polar surface area (TPSA) is 46.1 Å². The van der Waals surface area contributed by atoms with Crippen molar-refractivity contribution in [3.63, 3.8) is 0 Å². The molecule has 6 heteroatoms. The lowest BCUT2D eigenvalue weighted by Gasteiger charge is -2.24. The van der Waals surface area contributed by atoms with Gasteiger partial charge in [0.1, 0.15) is 16.8 Å². The third-order valence-electron chi connectivity index (χ3n) is 3.25. The van der Waals surface area contributed by atoms with Gasteiger partial charge in [0.15, 0.2) is 6.29 Å². The molecule has 0 aromatic carbocycles. The van der Waals surface area contributed by atoms with Gasteiger partial charge in [-0.1, -0.05) is 25.4 Å². The third kappa shape index (κ3) is 3.39. The second-order valence-electron chi connectivity index (χ2n) is 5.26. The molecule has 2 rings (SSSR count). The van der Waals surface area contributed by atoms with Crippen molar-refractivity contribution in [3.8, 4) is 0 Å². The van der Waals surface area contributed by atoms with Crippen molar-refractivity contribution in [1.29, 1.82) is 0 Å². The maximum atomic E-state index is 11.2. The Balaban J connectivity index is 2.33. The molecule has 1 saturated heterocycles. The number of thioether (sulfide) groups is 1. The second kappa shape index (κ2) is 5.67. The number of aromatic nitrogens is 2. The number of hydrogen-bond donors (Lipinski definition) is 0. The highest BCUT2D eigenvalue weighted by Crippen LogP contribution is 2.33. The Morgan fingerprint density at radius 3 is 2.79 bits per heavy atom. The summed E-state index contributed by atoms with van der Waals surface area (Å²) in [5, 5.41) is 0.244.